The fourth-order valence-corrected chi connectivity index (χ4v) is 2.54. The summed E-state index contributed by atoms with van der Waals surface area (Å²) < 4.78 is 1.85. The van der Waals surface area contributed by atoms with Gasteiger partial charge in [-0.05, 0) is 19.4 Å². The van der Waals surface area contributed by atoms with E-state index in [1.807, 2.05) is 10.7 Å². The van der Waals surface area contributed by atoms with Crippen LogP contribution in [-0.4, -0.2) is 25.8 Å². The number of aryl methyl sites for hydroxylation is 2. The topological polar surface area (TPSA) is 68.0 Å². The summed E-state index contributed by atoms with van der Waals surface area (Å²) in [6.45, 7) is 4.59. The molecule has 0 unspecified atom stereocenters. The number of aromatic nitrogens is 3. The summed E-state index contributed by atoms with van der Waals surface area (Å²) >= 11 is 1.19. The molecule has 0 fully saturated rings. The van der Waals surface area contributed by atoms with Crippen molar-refractivity contribution in [1.82, 2.24) is 14.8 Å². The Bertz CT molecular complexity index is 545. The number of carbonyl (C=O) groups is 1. The highest BCUT2D eigenvalue weighted by Crippen LogP contribution is 2.27. The van der Waals surface area contributed by atoms with Crippen LogP contribution in [0.25, 0.3) is 10.7 Å². The van der Waals surface area contributed by atoms with Crippen molar-refractivity contribution in [2.75, 3.05) is 0 Å². The van der Waals surface area contributed by atoms with Crippen LogP contribution in [0.5, 0.6) is 0 Å². The third-order valence-electron chi connectivity index (χ3n) is 2.36. The summed E-state index contributed by atoms with van der Waals surface area (Å²) in [5, 5.41) is 13.9. The van der Waals surface area contributed by atoms with Gasteiger partial charge < -0.3 is 5.11 Å². The summed E-state index contributed by atoms with van der Waals surface area (Å²) in [6, 6.07) is 1.86. The molecule has 2 rings (SSSR count). The predicted molar refractivity (Wildman–Crippen MR) is 65.3 cm³/mol. The van der Waals surface area contributed by atoms with Crippen molar-refractivity contribution < 1.29 is 9.90 Å². The molecule has 0 amide bonds. The summed E-state index contributed by atoms with van der Waals surface area (Å²) in [6.07, 6.45) is 2.69. The average molecular weight is 251 g/mol. The normalized spacial score (nSPS) is 10.7. The van der Waals surface area contributed by atoms with Crippen LogP contribution in [0.3, 0.4) is 0 Å². The Morgan fingerprint density at radius 1 is 1.59 bits per heavy atom. The van der Waals surface area contributed by atoms with Crippen LogP contribution >= 0.6 is 11.3 Å². The van der Waals surface area contributed by atoms with Gasteiger partial charge in [0.25, 0.3) is 0 Å². The van der Waals surface area contributed by atoms with Crippen molar-refractivity contribution in [3.8, 4) is 10.7 Å². The molecule has 1 N–H and O–H groups in total. The first-order chi connectivity index (χ1) is 8.13. The van der Waals surface area contributed by atoms with Gasteiger partial charge in [0, 0.05) is 12.7 Å². The fourth-order valence-electron chi connectivity index (χ4n) is 1.61. The lowest BCUT2D eigenvalue weighted by Crippen LogP contribution is -2.00. The van der Waals surface area contributed by atoms with Crippen LogP contribution < -0.4 is 0 Å². The van der Waals surface area contributed by atoms with Crippen LogP contribution in [0.2, 0.25) is 0 Å². The van der Waals surface area contributed by atoms with E-state index in [4.69, 9.17) is 5.11 Å². The number of hydrogen-bond donors (Lipinski definition) is 1. The molecule has 0 spiro atoms. The molecule has 17 heavy (non-hydrogen) atoms. The van der Waals surface area contributed by atoms with Crippen molar-refractivity contribution in [1.29, 1.82) is 0 Å². The minimum absolute atomic E-state index is 0.296. The summed E-state index contributed by atoms with van der Waals surface area (Å²) in [5.74, 6) is -0.923. The number of nitrogens with zero attached hydrogens (tertiary/aromatic N) is 3. The molecule has 0 atom stereocenters. The zero-order chi connectivity index (χ0) is 12.4. The molecule has 0 aliphatic carbocycles. The Hall–Kier alpha value is -1.69. The van der Waals surface area contributed by atoms with Gasteiger partial charge in [0.1, 0.15) is 9.88 Å². The maximum Gasteiger partial charge on any atom is 0.347 e. The second-order valence-corrected chi connectivity index (χ2v) is 4.68. The Morgan fingerprint density at radius 2 is 2.35 bits per heavy atom. The SMILES string of the molecule is CCCn1nccc1-c1nc(C)c(C(=O)O)s1. The van der Waals surface area contributed by atoms with E-state index in [2.05, 4.69) is 17.0 Å². The van der Waals surface area contributed by atoms with E-state index in [1.54, 1.807) is 13.1 Å². The Morgan fingerprint density at radius 3 is 2.94 bits per heavy atom. The smallest absolute Gasteiger partial charge is 0.347 e. The molecule has 0 saturated carbocycles. The first-order valence-corrected chi connectivity index (χ1v) is 6.18. The van der Waals surface area contributed by atoms with Crippen LogP contribution in [0, 0.1) is 6.92 Å². The lowest BCUT2D eigenvalue weighted by atomic mass is 10.4. The molecule has 0 aliphatic rings. The third kappa shape index (κ3) is 2.21. The van der Waals surface area contributed by atoms with Gasteiger partial charge in [-0.2, -0.15) is 5.10 Å². The predicted octanol–water partition coefficient (Wildman–Crippen LogP) is 2.42. The average Bonchev–Trinajstić information content (AvgIpc) is 2.84. The molecule has 0 radical (unpaired) electrons. The molecule has 0 aromatic carbocycles. The van der Waals surface area contributed by atoms with Gasteiger partial charge in [0.05, 0.1) is 11.4 Å². The molecule has 5 nitrogen and oxygen atoms in total. The molecular formula is C11H13N3O2S. The van der Waals surface area contributed by atoms with E-state index in [0.29, 0.717) is 15.6 Å². The van der Waals surface area contributed by atoms with Crippen LogP contribution in [0.15, 0.2) is 12.3 Å². The van der Waals surface area contributed by atoms with Crippen molar-refractivity contribution in [2.24, 2.45) is 0 Å². The van der Waals surface area contributed by atoms with E-state index < -0.39 is 5.97 Å². The summed E-state index contributed by atoms with van der Waals surface area (Å²) in [4.78, 5) is 15.6. The molecule has 0 saturated heterocycles. The van der Waals surface area contributed by atoms with Crippen molar-refractivity contribution in [3.05, 3.63) is 22.8 Å². The number of carboxylic acid groups (broad SMARTS) is 1. The molecule has 2 aromatic rings. The molecule has 90 valence electrons. The fraction of sp³-hybridized carbons (Fsp3) is 0.364. The Kier molecular flexibility index (Phi) is 3.23. The van der Waals surface area contributed by atoms with Gasteiger partial charge in [-0.3, -0.25) is 4.68 Å². The third-order valence-corrected chi connectivity index (χ3v) is 3.53. The second kappa shape index (κ2) is 4.67. The van der Waals surface area contributed by atoms with E-state index in [1.165, 1.54) is 11.3 Å². The second-order valence-electron chi connectivity index (χ2n) is 3.68. The molecule has 2 heterocycles. The quantitative estimate of drug-likeness (QED) is 0.906. The maximum atomic E-state index is 11.0. The number of rotatable bonds is 4. The maximum absolute atomic E-state index is 11.0. The minimum Gasteiger partial charge on any atom is -0.477 e. The lowest BCUT2D eigenvalue weighted by Gasteiger charge is -2.02. The largest absolute Gasteiger partial charge is 0.477 e. The molecule has 6 heteroatoms. The van der Waals surface area contributed by atoms with Crippen molar-refractivity contribution >= 4 is 17.3 Å². The van der Waals surface area contributed by atoms with Gasteiger partial charge in [0.2, 0.25) is 0 Å². The van der Waals surface area contributed by atoms with E-state index in [9.17, 15) is 4.79 Å². The molecular weight excluding hydrogens is 238 g/mol. The van der Waals surface area contributed by atoms with Crippen LogP contribution in [-0.2, 0) is 6.54 Å². The van der Waals surface area contributed by atoms with Gasteiger partial charge in [-0.15, -0.1) is 11.3 Å². The van der Waals surface area contributed by atoms with Crippen LogP contribution in [0.1, 0.15) is 28.7 Å². The number of carboxylic acids is 1. The Balaban J connectivity index is 2.42. The van der Waals surface area contributed by atoms with E-state index in [-0.39, 0.29) is 0 Å². The minimum atomic E-state index is -0.923. The lowest BCUT2D eigenvalue weighted by molar-refractivity contribution is 0.0701. The monoisotopic (exact) mass is 251 g/mol. The van der Waals surface area contributed by atoms with E-state index in [0.717, 1.165) is 18.7 Å². The summed E-state index contributed by atoms with van der Waals surface area (Å²) in [5.41, 5.74) is 1.44. The first kappa shape index (κ1) is 11.8. The van der Waals surface area contributed by atoms with Gasteiger partial charge in [0.15, 0.2) is 0 Å². The molecule has 2 aromatic heterocycles. The highest BCUT2D eigenvalue weighted by atomic mass is 32.1. The van der Waals surface area contributed by atoms with Crippen molar-refractivity contribution in [3.63, 3.8) is 0 Å². The number of hydrogen-bond acceptors (Lipinski definition) is 4. The number of thiazole rings is 1. The first-order valence-electron chi connectivity index (χ1n) is 5.36. The van der Waals surface area contributed by atoms with Gasteiger partial charge >= 0.3 is 5.97 Å². The zero-order valence-corrected chi connectivity index (χ0v) is 10.5. The highest BCUT2D eigenvalue weighted by Gasteiger charge is 2.17. The van der Waals surface area contributed by atoms with Crippen molar-refractivity contribution in [2.45, 2.75) is 26.8 Å². The van der Waals surface area contributed by atoms with Crippen LogP contribution in [0.4, 0.5) is 0 Å². The molecule has 0 aliphatic heterocycles. The van der Waals surface area contributed by atoms with E-state index >= 15 is 0 Å². The summed E-state index contributed by atoms with van der Waals surface area (Å²) in [7, 11) is 0. The van der Waals surface area contributed by atoms with Gasteiger partial charge in [-0.1, -0.05) is 6.92 Å². The zero-order valence-electron chi connectivity index (χ0n) is 9.67. The standard InChI is InChI=1S/C11H13N3O2S/c1-3-6-14-8(4-5-12-14)10-13-7(2)9(17-10)11(15)16/h4-5H,3,6H2,1-2H3,(H,15,16). The highest BCUT2D eigenvalue weighted by molar-refractivity contribution is 7.17. The van der Waals surface area contributed by atoms with Gasteiger partial charge in [-0.25, -0.2) is 9.78 Å². The molecule has 0 bridgehead atoms. The Labute approximate surface area is 103 Å². The number of aromatic carboxylic acids is 1.